The van der Waals surface area contributed by atoms with Crippen LogP contribution in [-0.2, 0) is 0 Å². The molecule has 120 valence electrons. The molecule has 1 aromatic carbocycles. The lowest BCUT2D eigenvalue weighted by Gasteiger charge is -2.23. The molecule has 0 saturated heterocycles. The molecule has 4 nitrogen and oxygen atoms in total. The van der Waals surface area contributed by atoms with Crippen LogP contribution in [0, 0.1) is 5.41 Å². The summed E-state index contributed by atoms with van der Waals surface area (Å²) in [6.07, 6.45) is 7.64. The Morgan fingerprint density at radius 1 is 1.27 bits per heavy atom. The summed E-state index contributed by atoms with van der Waals surface area (Å²) in [6.45, 7) is 0.714. The van der Waals surface area contributed by atoms with Crippen LogP contribution in [0.4, 0.5) is 0 Å². The zero-order valence-electron chi connectivity index (χ0n) is 12.8. The molecule has 0 radical (unpaired) electrons. The van der Waals surface area contributed by atoms with Gasteiger partial charge in [0.2, 0.25) is 0 Å². The van der Waals surface area contributed by atoms with Crippen molar-refractivity contribution in [1.82, 2.24) is 5.32 Å². The van der Waals surface area contributed by atoms with E-state index in [0.717, 1.165) is 17.7 Å². The smallest absolute Gasteiger partial charge is 0.189 e. The van der Waals surface area contributed by atoms with Gasteiger partial charge in [0, 0.05) is 18.0 Å². The van der Waals surface area contributed by atoms with E-state index in [0.29, 0.717) is 24.0 Å². The Kier molecular flexibility index (Phi) is 4.52. The number of nitrogens with zero attached hydrogens (tertiary/aromatic N) is 1. The molecule has 1 aromatic rings. The Labute approximate surface area is 148 Å². The molecule has 2 atom stereocenters. The molecule has 1 aliphatic heterocycles. The molecule has 22 heavy (non-hydrogen) atoms. The lowest BCUT2D eigenvalue weighted by atomic mass is 10.0. The summed E-state index contributed by atoms with van der Waals surface area (Å²) in [4.78, 5) is 4.72. The summed E-state index contributed by atoms with van der Waals surface area (Å²) in [5.41, 5.74) is 7.85. The highest BCUT2D eigenvalue weighted by atomic mass is 127. The maximum absolute atomic E-state index is 6.15. The summed E-state index contributed by atoms with van der Waals surface area (Å²) in [6, 6.07) is 8.81. The number of halogens is 1. The highest BCUT2D eigenvalue weighted by Gasteiger charge is 2.55. The molecule has 3 aliphatic rings. The fourth-order valence-electron chi connectivity index (χ4n) is 4.02. The largest absolute Gasteiger partial charge is 0.493 e. The highest BCUT2D eigenvalue weighted by Crippen LogP contribution is 2.57. The number of para-hydroxylation sites is 1. The standard InChI is InChI=1S/C17H23N3O.HI/c18-16(20-15-11-17(15)8-3-4-9-17)19-13-7-10-21-14-6-2-1-5-12(13)14;/h1-2,5-6,13,15H,3-4,7-11H2,(H3,18,19,20);1H. The van der Waals surface area contributed by atoms with Gasteiger partial charge >= 0.3 is 0 Å². The number of rotatable bonds is 2. The van der Waals surface area contributed by atoms with Gasteiger partial charge in [-0.2, -0.15) is 0 Å². The molecule has 1 heterocycles. The Morgan fingerprint density at radius 3 is 2.86 bits per heavy atom. The molecule has 0 aromatic heterocycles. The average Bonchev–Trinajstić information content (AvgIpc) is 2.93. The van der Waals surface area contributed by atoms with Crippen molar-refractivity contribution in [2.45, 2.75) is 50.6 Å². The van der Waals surface area contributed by atoms with Crippen LogP contribution >= 0.6 is 24.0 Å². The van der Waals surface area contributed by atoms with Crippen LogP contribution in [0.5, 0.6) is 5.75 Å². The van der Waals surface area contributed by atoms with E-state index in [9.17, 15) is 0 Å². The van der Waals surface area contributed by atoms with Crippen molar-refractivity contribution in [3.8, 4) is 5.75 Å². The number of fused-ring (bicyclic) bond motifs is 1. The second kappa shape index (κ2) is 6.26. The van der Waals surface area contributed by atoms with Crippen LogP contribution in [-0.4, -0.2) is 18.6 Å². The van der Waals surface area contributed by atoms with E-state index in [1.54, 1.807) is 0 Å². The summed E-state index contributed by atoms with van der Waals surface area (Å²) in [7, 11) is 0. The molecule has 5 heteroatoms. The number of hydrogen-bond donors (Lipinski definition) is 2. The normalized spacial score (nSPS) is 28.5. The van der Waals surface area contributed by atoms with E-state index >= 15 is 0 Å². The van der Waals surface area contributed by atoms with Gasteiger partial charge < -0.3 is 15.8 Å². The van der Waals surface area contributed by atoms with Gasteiger partial charge in [0.05, 0.1) is 12.6 Å². The van der Waals surface area contributed by atoms with Crippen LogP contribution in [0.25, 0.3) is 0 Å². The summed E-state index contributed by atoms with van der Waals surface area (Å²) in [5.74, 6) is 1.55. The molecule has 3 N–H and O–H groups in total. The molecular formula is C17H24IN3O. The third kappa shape index (κ3) is 2.92. The quantitative estimate of drug-likeness (QED) is 0.444. The minimum atomic E-state index is 0. The lowest BCUT2D eigenvalue weighted by Crippen LogP contribution is -2.36. The van der Waals surface area contributed by atoms with Gasteiger partial charge in [-0.15, -0.1) is 24.0 Å². The molecular weight excluding hydrogens is 389 g/mol. The van der Waals surface area contributed by atoms with Gasteiger partial charge in [-0.1, -0.05) is 31.0 Å². The van der Waals surface area contributed by atoms with Crippen molar-refractivity contribution < 1.29 is 4.74 Å². The fourth-order valence-corrected chi connectivity index (χ4v) is 4.02. The number of nitrogens with one attached hydrogen (secondary N) is 1. The summed E-state index contributed by atoms with van der Waals surface area (Å²) >= 11 is 0. The number of nitrogens with two attached hydrogens (primary N) is 1. The van der Waals surface area contributed by atoms with Gasteiger partial charge in [-0.25, -0.2) is 4.99 Å². The summed E-state index contributed by atoms with van der Waals surface area (Å²) < 4.78 is 5.67. The molecule has 0 bridgehead atoms. The Balaban J connectivity index is 0.00000144. The fraction of sp³-hybridized carbons (Fsp3) is 0.588. The van der Waals surface area contributed by atoms with E-state index < -0.39 is 0 Å². The number of benzene rings is 1. The molecule has 2 aliphatic carbocycles. The first kappa shape index (κ1) is 15.9. The van der Waals surface area contributed by atoms with Gasteiger partial charge in [0.1, 0.15) is 5.75 Å². The third-order valence-corrected chi connectivity index (χ3v) is 5.33. The maximum atomic E-state index is 6.15. The van der Waals surface area contributed by atoms with E-state index in [-0.39, 0.29) is 30.0 Å². The van der Waals surface area contributed by atoms with E-state index in [4.69, 9.17) is 15.5 Å². The molecule has 4 rings (SSSR count). The van der Waals surface area contributed by atoms with E-state index in [1.807, 2.05) is 18.2 Å². The molecule has 2 fully saturated rings. The molecule has 2 saturated carbocycles. The molecule has 2 unspecified atom stereocenters. The van der Waals surface area contributed by atoms with Crippen LogP contribution in [0.1, 0.15) is 50.1 Å². The monoisotopic (exact) mass is 413 g/mol. The number of hydrogen-bond acceptors (Lipinski definition) is 2. The molecule has 0 amide bonds. The van der Waals surface area contributed by atoms with Crippen LogP contribution in [0.2, 0.25) is 0 Å². The van der Waals surface area contributed by atoms with Crippen LogP contribution in [0.3, 0.4) is 0 Å². The van der Waals surface area contributed by atoms with E-state index in [1.165, 1.54) is 32.1 Å². The minimum Gasteiger partial charge on any atom is -0.493 e. The van der Waals surface area contributed by atoms with Crippen molar-refractivity contribution in [1.29, 1.82) is 0 Å². The number of guanidine groups is 1. The van der Waals surface area contributed by atoms with Gasteiger partial charge in [-0.3, -0.25) is 0 Å². The first-order valence-electron chi connectivity index (χ1n) is 8.08. The van der Waals surface area contributed by atoms with Crippen molar-refractivity contribution in [2.24, 2.45) is 16.1 Å². The van der Waals surface area contributed by atoms with Crippen LogP contribution in [0.15, 0.2) is 29.3 Å². The second-order valence-corrected chi connectivity index (χ2v) is 6.68. The van der Waals surface area contributed by atoms with Crippen molar-refractivity contribution in [3.63, 3.8) is 0 Å². The number of aliphatic imine (C=N–C) groups is 1. The predicted molar refractivity (Wildman–Crippen MR) is 98.8 cm³/mol. The van der Waals surface area contributed by atoms with Gasteiger partial charge in [-0.05, 0) is 30.7 Å². The Morgan fingerprint density at radius 2 is 2.05 bits per heavy atom. The predicted octanol–water partition coefficient (Wildman–Crippen LogP) is 3.37. The minimum absolute atomic E-state index is 0. The Hall–Kier alpha value is -0.980. The average molecular weight is 413 g/mol. The zero-order chi connectivity index (χ0) is 14.3. The highest BCUT2D eigenvalue weighted by molar-refractivity contribution is 14.0. The van der Waals surface area contributed by atoms with Gasteiger partial charge in [0.15, 0.2) is 5.96 Å². The zero-order valence-corrected chi connectivity index (χ0v) is 15.1. The first-order valence-corrected chi connectivity index (χ1v) is 8.08. The number of ether oxygens (including phenoxy) is 1. The van der Waals surface area contributed by atoms with E-state index in [2.05, 4.69) is 11.4 Å². The van der Waals surface area contributed by atoms with Crippen molar-refractivity contribution in [3.05, 3.63) is 29.8 Å². The van der Waals surface area contributed by atoms with Crippen LogP contribution < -0.4 is 15.8 Å². The van der Waals surface area contributed by atoms with Crippen molar-refractivity contribution in [2.75, 3.05) is 6.61 Å². The first-order chi connectivity index (χ1) is 10.3. The molecule has 1 spiro atoms. The third-order valence-electron chi connectivity index (χ3n) is 5.33. The SMILES string of the molecule is I.NC(=NC1CCOc2ccccc21)NC1CC12CCCC2. The topological polar surface area (TPSA) is 59.6 Å². The lowest BCUT2D eigenvalue weighted by molar-refractivity contribution is 0.269. The second-order valence-electron chi connectivity index (χ2n) is 6.68. The maximum Gasteiger partial charge on any atom is 0.189 e. The Bertz CT molecular complexity index is 569. The van der Waals surface area contributed by atoms with Crippen molar-refractivity contribution >= 4 is 29.9 Å². The summed E-state index contributed by atoms with van der Waals surface area (Å²) in [5, 5.41) is 3.45. The van der Waals surface area contributed by atoms with Gasteiger partial charge in [0.25, 0.3) is 0 Å².